The number of piperazine rings is 1. The molecule has 1 atom stereocenters. The summed E-state index contributed by atoms with van der Waals surface area (Å²) < 4.78 is 16.5. The SMILES string of the molecule is CCOC(=O)N1CCN(C(=O)C(CNC(=O)C(=O)OC)NC(=O)c2cc(OCC(=O)C(C)(C)C)n(-c3ccccc3)n2)CC1. The van der Waals surface area contributed by atoms with Gasteiger partial charge in [0.05, 0.1) is 19.4 Å². The molecule has 1 fully saturated rings. The van der Waals surface area contributed by atoms with Gasteiger partial charge in [-0.3, -0.25) is 19.2 Å². The van der Waals surface area contributed by atoms with Crippen LogP contribution in [0, 0.1) is 5.41 Å². The van der Waals surface area contributed by atoms with Gasteiger partial charge >= 0.3 is 18.0 Å². The van der Waals surface area contributed by atoms with Crippen molar-refractivity contribution in [1.29, 1.82) is 0 Å². The van der Waals surface area contributed by atoms with E-state index in [0.717, 1.165) is 7.11 Å². The van der Waals surface area contributed by atoms with Crippen molar-refractivity contribution in [1.82, 2.24) is 30.2 Å². The van der Waals surface area contributed by atoms with Gasteiger partial charge in [-0.25, -0.2) is 14.3 Å². The third-order valence-corrected chi connectivity index (χ3v) is 6.66. The van der Waals surface area contributed by atoms with Gasteiger partial charge in [0.1, 0.15) is 12.6 Å². The Labute approximate surface area is 254 Å². The van der Waals surface area contributed by atoms with E-state index in [-0.39, 0.29) is 56.7 Å². The average Bonchev–Trinajstić information content (AvgIpc) is 3.45. The summed E-state index contributed by atoms with van der Waals surface area (Å²) in [6, 6.07) is 8.83. The van der Waals surface area contributed by atoms with Crippen LogP contribution in [0.25, 0.3) is 5.69 Å². The van der Waals surface area contributed by atoms with Crippen molar-refractivity contribution in [3.05, 3.63) is 42.1 Å². The molecule has 0 aliphatic carbocycles. The van der Waals surface area contributed by atoms with Crippen molar-refractivity contribution in [2.75, 3.05) is 53.0 Å². The van der Waals surface area contributed by atoms with Crippen LogP contribution in [-0.4, -0.2) is 114 Å². The van der Waals surface area contributed by atoms with Crippen molar-refractivity contribution >= 4 is 35.6 Å². The fourth-order valence-electron chi connectivity index (χ4n) is 4.02. The maximum Gasteiger partial charge on any atom is 0.409 e. The minimum atomic E-state index is -1.31. The van der Waals surface area contributed by atoms with Crippen molar-refractivity contribution < 1.29 is 43.0 Å². The molecule has 1 unspecified atom stereocenters. The number of esters is 1. The lowest BCUT2D eigenvalue weighted by atomic mass is 9.91. The number of methoxy groups -OCH3 is 1. The highest BCUT2D eigenvalue weighted by molar-refractivity contribution is 6.32. The second-order valence-electron chi connectivity index (χ2n) is 10.8. The Balaban J connectivity index is 1.82. The molecule has 44 heavy (non-hydrogen) atoms. The summed E-state index contributed by atoms with van der Waals surface area (Å²) >= 11 is 0. The highest BCUT2D eigenvalue weighted by atomic mass is 16.6. The molecule has 1 aromatic carbocycles. The van der Waals surface area contributed by atoms with Crippen molar-refractivity contribution in [2.45, 2.75) is 33.7 Å². The number of ketones is 1. The number of hydrogen-bond donors (Lipinski definition) is 2. The number of nitrogens with one attached hydrogen (secondary N) is 2. The molecule has 1 saturated heterocycles. The largest absolute Gasteiger partial charge is 0.470 e. The van der Waals surface area contributed by atoms with Crippen LogP contribution in [0.1, 0.15) is 38.2 Å². The number of rotatable bonds is 10. The normalized spacial score (nSPS) is 13.8. The molecule has 3 rings (SSSR count). The topological polar surface area (TPSA) is 178 Å². The Kier molecular flexibility index (Phi) is 11.4. The van der Waals surface area contributed by atoms with Crippen molar-refractivity contribution in [3.8, 4) is 11.6 Å². The zero-order valence-corrected chi connectivity index (χ0v) is 25.5. The highest BCUT2D eigenvalue weighted by Gasteiger charge is 2.32. The molecular formula is C29H38N6O9. The molecule has 238 valence electrons. The lowest BCUT2D eigenvalue weighted by molar-refractivity contribution is -0.152. The zero-order valence-electron chi connectivity index (χ0n) is 25.5. The number of carbonyl (C=O) groups is 6. The Morgan fingerprint density at radius 1 is 0.977 bits per heavy atom. The quantitative estimate of drug-likeness (QED) is 0.284. The first-order valence-corrected chi connectivity index (χ1v) is 14.0. The Hall–Kier alpha value is -4.95. The Morgan fingerprint density at radius 2 is 1.61 bits per heavy atom. The van der Waals surface area contributed by atoms with Gasteiger partial charge < -0.3 is 34.6 Å². The highest BCUT2D eigenvalue weighted by Crippen LogP contribution is 2.22. The van der Waals surface area contributed by atoms with E-state index >= 15 is 0 Å². The van der Waals surface area contributed by atoms with Crippen LogP contribution in [0.5, 0.6) is 5.88 Å². The van der Waals surface area contributed by atoms with Crippen LogP contribution < -0.4 is 15.4 Å². The van der Waals surface area contributed by atoms with E-state index in [1.807, 2.05) is 0 Å². The first-order valence-electron chi connectivity index (χ1n) is 14.0. The zero-order chi connectivity index (χ0) is 32.4. The predicted octanol–water partition coefficient (Wildman–Crippen LogP) is 0.555. The van der Waals surface area contributed by atoms with Crippen LogP contribution in [0.15, 0.2) is 36.4 Å². The number of benzene rings is 1. The molecule has 0 radical (unpaired) electrons. The second-order valence-corrected chi connectivity index (χ2v) is 10.8. The maximum atomic E-state index is 13.5. The van der Waals surface area contributed by atoms with Crippen LogP contribution in [0.3, 0.4) is 0 Å². The monoisotopic (exact) mass is 614 g/mol. The smallest absolute Gasteiger partial charge is 0.409 e. The second kappa shape index (κ2) is 15.0. The molecule has 1 aromatic heterocycles. The molecule has 2 N–H and O–H groups in total. The summed E-state index contributed by atoms with van der Waals surface area (Å²) in [4.78, 5) is 78.1. The lowest BCUT2D eigenvalue weighted by Gasteiger charge is -2.35. The summed E-state index contributed by atoms with van der Waals surface area (Å²) in [5.74, 6) is -3.64. The Morgan fingerprint density at radius 3 is 2.20 bits per heavy atom. The standard InChI is InChI=1S/C29H38N6O9/c1-6-43-28(41)34-14-12-33(13-15-34)26(39)21(17-30-25(38)27(40)42-5)31-24(37)20-16-23(44-18-22(36)29(2,3)4)35(32-20)19-10-8-7-9-11-19/h7-11,16,21H,6,12-15,17-18H2,1-5H3,(H,30,38)(H,31,37). The van der Waals surface area contributed by atoms with Gasteiger partial charge in [0.2, 0.25) is 11.8 Å². The van der Waals surface area contributed by atoms with Gasteiger partial charge in [0.15, 0.2) is 11.5 Å². The van der Waals surface area contributed by atoms with Gasteiger partial charge in [0.25, 0.3) is 5.91 Å². The maximum absolute atomic E-state index is 13.5. The van der Waals surface area contributed by atoms with Crippen LogP contribution in [0.4, 0.5) is 4.79 Å². The summed E-state index contributed by atoms with van der Waals surface area (Å²) in [6.07, 6.45) is -0.494. The first-order chi connectivity index (χ1) is 20.8. The fraction of sp³-hybridized carbons (Fsp3) is 0.483. The molecule has 15 heteroatoms. The summed E-state index contributed by atoms with van der Waals surface area (Å²) in [5, 5.41) is 9.23. The van der Waals surface area contributed by atoms with Gasteiger partial charge in [-0.1, -0.05) is 39.0 Å². The molecule has 0 bridgehead atoms. The molecule has 15 nitrogen and oxygen atoms in total. The van der Waals surface area contributed by atoms with E-state index in [1.54, 1.807) is 58.0 Å². The lowest BCUT2D eigenvalue weighted by Crippen LogP contribution is -2.58. The van der Waals surface area contributed by atoms with Crippen molar-refractivity contribution in [2.24, 2.45) is 5.41 Å². The van der Waals surface area contributed by atoms with E-state index in [1.165, 1.54) is 20.5 Å². The van der Waals surface area contributed by atoms with Gasteiger partial charge in [-0.15, -0.1) is 0 Å². The van der Waals surface area contributed by atoms with Gasteiger partial charge in [-0.2, -0.15) is 5.10 Å². The molecule has 2 aromatic rings. The minimum absolute atomic E-state index is 0.121. The van der Waals surface area contributed by atoms with E-state index in [2.05, 4.69) is 20.5 Å². The van der Waals surface area contributed by atoms with E-state index in [4.69, 9.17) is 9.47 Å². The average molecular weight is 615 g/mol. The third-order valence-electron chi connectivity index (χ3n) is 6.66. The molecule has 0 saturated carbocycles. The number of ether oxygens (including phenoxy) is 3. The van der Waals surface area contributed by atoms with Gasteiger partial charge in [0, 0.05) is 44.2 Å². The summed E-state index contributed by atoms with van der Waals surface area (Å²) in [5.41, 5.74) is -0.222. The predicted molar refractivity (Wildman–Crippen MR) is 155 cm³/mol. The fourth-order valence-corrected chi connectivity index (χ4v) is 4.02. The number of nitrogens with zero attached hydrogens (tertiary/aromatic N) is 4. The molecule has 1 aliphatic rings. The van der Waals surface area contributed by atoms with Crippen molar-refractivity contribution in [3.63, 3.8) is 0 Å². The van der Waals surface area contributed by atoms with Crippen LogP contribution >= 0.6 is 0 Å². The third kappa shape index (κ3) is 8.78. The molecule has 4 amide bonds. The molecular weight excluding hydrogens is 576 g/mol. The molecule has 1 aliphatic heterocycles. The van der Waals surface area contributed by atoms with E-state index in [0.29, 0.717) is 5.69 Å². The first kappa shape index (κ1) is 33.6. The molecule has 2 heterocycles. The number of amides is 4. The Bertz CT molecular complexity index is 1360. The number of para-hydroxylation sites is 1. The van der Waals surface area contributed by atoms with Gasteiger partial charge in [-0.05, 0) is 19.1 Å². The number of Topliss-reactive ketones (excluding diaryl/α,β-unsaturated/α-hetero) is 1. The number of hydrogen-bond acceptors (Lipinski definition) is 10. The number of carbonyl (C=O) groups excluding carboxylic acids is 6. The molecule has 0 spiro atoms. The van der Waals surface area contributed by atoms with E-state index in [9.17, 15) is 28.8 Å². The minimum Gasteiger partial charge on any atom is -0.470 e. The number of aromatic nitrogens is 2. The van der Waals surface area contributed by atoms with E-state index < -0.39 is 47.8 Å². The van der Waals surface area contributed by atoms with Crippen LogP contribution in [-0.2, 0) is 28.7 Å². The van der Waals surface area contributed by atoms with Crippen LogP contribution in [0.2, 0.25) is 0 Å². The summed E-state index contributed by atoms with van der Waals surface area (Å²) in [6.45, 7) is 7.21. The summed E-state index contributed by atoms with van der Waals surface area (Å²) in [7, 11) is 1.03.